The topological polar surface area (TPSA) is 69.6 Å². The summed E-state index contributed by atoms with van der Waals surface area (Å²) in [5, 5.41) is 9.08. The molecule has 0 unspecified atom stereocenters. The Morgan fingerprint density at radius 3 is 2.43 bits per heavy atom. The van der Waals surface area contributed by atoms with Crippen LogP contribution in [0.5, 0.6) is 0 Å². The van der Waals surface area contributed by atoms with E-state index in [1.165, 1.54) is 19.1 Å². The number of benzene rings is 1. The third-order valence-electron chi connectivity index (χ3n) is 3.40. The lowest BCUT2D eigenvalue weighted by atomic mass is 10.1. The summed E-state index contributed by atoms with van der Waals surface area (Å²) in [6, 6.07) is 2.44. The SMILES string of the molecule is CCN(CC)CCNS(=O)(=O)c1cc(C)c(F)c(CO)c1. The third-order valence-corrected chi connectivity index (χ3v) is 4.84. The normalized spacial score (nSPS) is 12.1. The van der Waals surface area contributed by atoms with Crippen LogP contribution >= 0.6 is 0 Å². The number of hydrogen-bond acceptors (Lipinski definition) is 4. The Hall–Kier alpha value is -1.02. The van der Waals surface area contributed by atoms with Gasteiger partial charge in [0, 0.05) is 18.7 Å². The highest BCUT2D eigenvalue weighted by Gasteiger charge is 2.17. The average Bonchev–Trinajstić information content (AvgIpc) is 2.46. The Morgan fingerprint density at radius 2 is 1.90 bits per heavy atom. The second-order valence-electron chi connectivity index (χ2n) is 4.80. The van der Waals surface area contributed by atoms with Crippen molar-refractivity contribution in [3.63, 3.8) is 0 Å². The molecule has 2 N–H and O–H groups in total. The molecule has 120 valence electrons. The molecule has 0 aliphatic rings. The van der Waals surface area contributed by atoms with E-state index in [9.17, 15) is 12.8 Å². The quantitative estimate of drug-likeness (QED) is 0.757. The predicted molar refractivity (Wildman–Crippen MR) is 80.0 cm³/mol. The van der Waals surface area contributed by atoms with E-state index in [0.717, 1.165) is 13.1 Å². The number of nitrogens with zero attached hydrogens (tertiary/aromatic N) is 1. The molecule has 21 heavy (non-hydrogen) atoms. The van der Waals surface area contributed by atoms with Gasteiger partial charge in [-0.3, -0.25) is 0 Å². The highest BCUT2D eigenvalue weighted by Crippen LogP contribution is 2.19. The molecule has 1 aromatic carbocycles. The van der Waals surface area contributed by atoms with E-state index < -0.39 is 22.4 Å². The average molecular weight is 318 g/mol. The summed E-state index contributed by atoms with van der Waals surface area (Å²) in [4.78, 5) is 2.07. The fourth-order valence-electron chi connectivity index (χ4n) is 2.04. The maximum Gasteiger partial charge on any atom is 0.240 e. The van der Waals surface area contributed by atoms with Crippen molar-refractivity contribution in [3.8, 4) is 0 Å². The van der Waals surface area contributed by atoms with Crippen LogP contribution in [0.1, 0.15) is 25.0 Å². The molecule has 0 heterocycles. The van der Waals surface area contributed by atoms with Gasteiger partial charge in [-0.2, -0.15) is 0 Å². The van der Waals surface area contributed by atoms with Crippen LogP contribution < -0.4 is 4.72 Å². The molecular formula is C14H23FN2O3S. The van der Waals surface area contributed by atoms with Crippen LogP contribution in [0.15, 0.2) is 17.0 Å². The van der Waals surface area contributed by atoms with E-state index in [0.29, 0.717) is 6.54 Å². The summed E-state index contributed by atoms with van der Waals surface area (Å²) in [7, 11) is -3.70. The summed E-state index contributed by atoms with van der Waals surface area (Å²) in [5.41, 5.74) is 0.185. The molecule has 0 aliphatic carbocycles. The largest absolute Gasteiger partial charge is 0.392 e. The number of likely N-dealkylation sites (N-methyl/N-ethyl adjacent to an activating group) is 1. The van der Waals surface area contributed by atoms with E-state index in [4.69, 9.17) is 5.11 Å². The standard InChI is InChI=1S/C14H23FN2O3S/c1-4-17(5-2)7-6-16-21(19,20)13-8-11(3)14(15)12(9-13)10-18/h8-9,16,18H,4-7,10H2,1-3H3. The molecular weight excluding hydrogens is 295 g/mol. The minimum atomic E-state index is -3.70. The van der Waals surface area contributed by atoms with Crippen LogP contribution in [-0.2, 0) is 16.6 Å². The molecule has 0 amide bonds. The molecule has 0 bridgehead atoms. The molecule has 7 heteroatoms. The van der Waals surface area contributed by atoms with Crippen LogP contribution in [0.3, 0.4) is 0 Å². The molecule has 0 spiro atoms. The fraction of sp³-hybridized carbons (Fsp3) is 0.571. The van der Waals surface area contributed by atoms with E-state index in [1.54, 1.807) is 0 Å². The van der Waals surface area contributed by atoms with Crippen molar-refractivity contribution in [2.45, 2.75) is 32.3 Å². The van der Waals surface area contributed by atoms with Gasteiger partial charge in [0.15, 0.2) is 0 Å². The van der Waals surface area contributed by atoms with E-state index >= 15 is 0 Å². The van der Waals surface area contributed by atoms with Crippen molar-refractivity contribution >= 4 is 10.0 Å². The lowest BCUT2D eigenvalue weighted by Crippen LogP contribution is -2.34. The molecule has 0 aliphatic heterocycles. The molecule has 5 nitrogen and oxygen atoms in total. The highest BCUT2D eigenvalue weighted by atomic mass is 32.2. The first kappa shape index (κ1) is 18.0. The summed E-state index contributed by atoms with van der Waals surface area (Å²) in [6.45, 7) is 7.56. The van der Waals surface area contributed by atoms with Crippen molar-refractivity contribution in [2.75, 3.05) is 26.2 Å². The van der Waals surface area contributed by atoms with Crippen LogP contribution in [0.2, 0.25) is 0 Å². The van der Waals surface area contributed by atoms with Crippen LogP contribution in [0.4, 0.5) is 4.39 Å². The number of aliphatic hydroxyl groups excluding tert-OH is 1. The molecule has 0 saturated heterocycles. The lowest BCUT2D eigenvalue weighted by Gasteiger charge is -2.18. The first-order chi connectivity index (χ1) is 9.85. The van der Waals surface area contributed by atoms with Crippen LogP contribution in [0.25, 0.3) is 0 Å². The summed E-state index contributed by atoms with van der Waals surface area (Å²) in [6.07, 6.45) is 0. The molecule has 1 aromatic rings. The zero-order valence-electron chi connectivity index (χ0n) is 12.7. The number of rotatable bonds is 8. The predicted octanol–water partition coefficient (Wildman–Crippen LogP) is 1.25. The monoisotopic (exact) mass is 318 g/mol. The Kier molecular flexibility index (Phi) is 6.73. The second-order valence-corrected chi connectivity index (χ2v) is 6.56. The van der Waals surface area contributed by atoms with Crippen molar-refractivity contribution in [2.24, 2.45) is 0 Å². The Labute approximate surface area is 125 Å². The van der Waals surface area contributed by atoms with E-state index in [2.05, 4.69) is 9.62 Å². The highest BCUT2D eigenvalue weighted by molar-refractivity contribution is 7.89. The van der Waals surface area contributed by atoms with Gasteiger partial charge in [0.25, 0.3) is 0 Å². The molecule has 0 fully saturated rings. The van der Waals surface area contributed by atoms with Crippen LogP contribution in [0, 0.1) is 12.7 Å². The van der Waals surface area contributed by atoms with Gasteiger partial charge in [-0.1, -0.05) is 13.8 Å². The van der Waals surface area contributed by atoms with Gasteiger partial charge in [0.05, 0.1) is 11.5 Å². The zero-order chi connectivity index (χ0) is 16.0. The smallest absolute Gasteiger partial charge is 0.240 e. The van der Waals surface area contributed by atoms with Crippen molar-refractivity contribution in [3.05, 3.63) is 29.1 Å². The Morgan fingerprint density at radius 1 is 1.29 bits per heavy atom. The first-order valence-corrected chi connectivity index (χ1v) is 8.45. The Balaban J connectivity index is 2.86. The minimum absolute atomic E-state index is 0.0147. The maximum atomic E-state index is 13.6. The molecule has 0 saturated carbocycles. The van der Waals surface area contributed by atoms with Gasteiger partial charge in [-0.25, -0.2) is 17.5 Å². The van der Waals surface area contributed by atoms with Crippen LogP contribution in [-0.4, -0.2) is 44.6 Å². The minimum Gasteiger partial charge on any atom is -0.392 e. The molecule has 0 aromatic heterocycles. The van der Waals surface area contributed by atoms with Crippen molar-refractivity contribution < 1.29 is 17.9 Å². The number of aliphatic hydroxyl groups is 1. The van der Waals surface area contributed by atoms with E-state index in [1.807, 2.05) is 13.8 Å². The first-order valence-electron chi connectivity index (χ1n) is 6.97. The van der Waals surface area contributed by atoms with Crippen molar-refractivity contribution in [1.82, 2.24) is 9.62 Å². The van der Waals surface area contributed by atoms with Gasteiger partial charge in [0.2, 0.25) is 10.0 Å². The van der Waals surface area contributed by atoms with Crippen molar-refractivity contribution in [1.29, 1.82) is 0 Å². The number of aryl methyl sites for hydroxylation is 1. The zero-order valence-corrected chi connectivity index (χ0v) is 13.5. The van der Waals surface area contributed by atoms with E-state index in [-0.39, 0.29) is 22.6 Å². The lowest BCUT2D eigenvalue weighted by molar-refractivity contribution is 0.275. The number of hydrogen-bond donors (Lipinski definition) is 2. The van der Waals surface area contributed by atoms with Gasteiger partial charge in [-0.15, -0.1) is 0 Å². The molecule has 0 atom stereocenters. The van der Waals surface area contributed by atoms with Gasteiger partial charge < -0.3 is 10.0 Å². The fourth-order valence-corrected chi connectivity index (χ4v) is 3.19. The molecule has 1 rings (SSSR count). The number of nitrogens with one attached hydrogen (secondary N) is 1. The summed E-state index contributed by atoms with van der Waals surface area (Å²) < 4.78 is 40.5. The summed E-state index contributed by atoms with van der Waals surface area (Å²) >= 11 is 0. The van der Waals surface area contributed by atoms with Gasteiger partial charge >= 0.3 is 0 Å². The Bertz CT molecular complexity index is 572. The molecule has 0 radical (unpaired) electrons. The maximum absolute atomic E-state index is 13.6. The number of sulfonamides is 1. The van der Waals surface area contributed by atoms with Gasteiger partial charge in [-0.05, 0) is 37.7 Å². The third kappa shape index (κ3) is 4.74. The summed E-state index contributed by atoms with van der Waals surface area (Å²) in [5.74, 6) is -0.570. The number of halogens is 1. The second kappa shape index (κ2) is 7.84. The van der Waals surface area contributed by atoms with Gasteiger partial charge in [0.1, 0.15) is 5.82 Å².